The van der Waals surface area contributed by atoms with E-state index in [1.807, 2.05) is 36.0 Å². The van der Waals surface area contributed by atoms with E-state index in [1.165, 1.54) is 11.3 Å². The molecular formula is C14H18O2S. The quantitative estimate of drug-likeness (QED) is 0.614. The van der Waals surface area contributed by atoms with Crippen molar-refractivity contribution < 1.29 is 9.90 Å². The summed E-state index contributed by atoms with van der Waals surface area (Å²) in [5.74, 6) is 0.947. The number of carboxylic acid groups (broad SMARTS) is 1. The minimum Gasteiger partial charge on any atom is -0.478 e. The van der Waals surface area contributed by atoms with E-state index in [1.54, 1.807) is 6.08 Å². The van der Waals surface area contributed by atoms with Gasteiger partial charge in [0.15, 0.2) is 0 Å². The number of hydrogen-bond acceptors (Lipinski definition) is 2. The Morgan fingerprint density at radius 2 is 2.00 bits per heavy atom. The summed E-state index contributed by atoms with van der Waals surface area (Å²) in [5, 5.41) is 8.51. The largest absolute Gasteiger partial charge is 0.478 e. The van der Waals surface area contributed by atoms with Crippen LogP contribution in [-0.2, 0) is 4.79 Å². The van der Waals surface area contributed by atoms with Gasteiger partial charge in [0.25, 0.3) is 0 Å². The first-order chi connectivity index (χ1) is 8.08. The van der Waals surface area contributed by atoms with Crippen molar-refractivity contribution in [1.29, 1.82) is 0 Å². The molecule has 1 aromatic carbocycles. The maximum Gasteiger partial charge on any atom is 0.328 e. The van der Waals surface area contributed by atoms with Crippen LogP contribution >= 0.6 is 11.8 Å². The summed E-state index contributed by atoms with van der Waals surface area (Å²) in [7, 11) is 0. The molecule has 3 heteroatoms. The summed E-state index contributed by atoms with van der Waals surface area (Å²) in [4.78, 5) is 11.6. The van der Waals surface area contributed by atoms with Crippen LogP contribution in [0.25, 0.3) is 6.08 Å². The Hall–Kier alpha value is -1.22. The van der Waals surface area contributed by atoms with E-state index < -0.39 is 5.97 Å². The van der Waals surface area contributed by atoms with Crippen molar-refractivity contribution in [1.82, 2.24) is 0 Å². The Morgan fingerprint density at radius 1 is 1.35 bits per heavy atom. The molecule has 0 amide bonds. The van der Waals surface area contributed by atoms with Crippen LogP contribution in [0.1, 0.15) is 25.8 Å². The molecule has 0 unspecified atom stereocenters. The molecule has 0 aliphatic rings. The van der Waals surface area contributed by atoms with Gasteiger partial charge in [0.2, 0.25) is 0 Å². The number of aliphatic carboxylic acids is 1. The molecule has 0 heterocycles. The third kappa shape index (κ3) is 6.17. The van der Waals surface area contributed by atoms with Crippen LogP contribution in [0.15, 0.2) is 35.2 Å². The lowest BCUT2D eigenvalue weighted by Crippen LogP contribution is -1.89. The molecule has 0 atom stereocenters. The average Bonchev–Trinajstić information content (AvgIpc) is 2.27. The van der Waals surface area contributed by atoms with Crippen LogP contribution in [0.4, 0.5) is 0 Å². The molecular weight excluding hydrogens is 232 g/mol. The molecule has 1 N–H and O–H groups in total. The Balaban J connectivity index is 2.47. The predicted molar refractivity (Wildman–Crippen MR) is 73.3 cm³/mol. The smallest absolute Gasteiger partial charge is 0.328 e. The van der Waals surface area contributed by atoms with E-state index in [0.29, 0.717) is 0 Å². The Bertz CT molecular complexity index is 380. The minimum atomic E-state index is -0.916. The fraction of sp³-hybridized carbons (Fsp3) is 0.357. The number of thioether (sulfide) groups is 1. The second-order valence-electron chi connectivity index (χ2n) is 4.27. The molecule has 0 radical (unpaired) electrons. The van der Waals surface area contributed by atoms with Gasteiger partial charge in [-0.1, -0.05) is 26.0 Å². The number of rotatable bonds is 6. The summed E-state index contributed by atoms with van der Waals surface area (Å²) in [6.07, 6.45) is 3.97. The van der Waals surface area contributed by atoms with Crippen LogP contribution in [-0.4, -0.2) is 16.8 Å². The van der Waals surface area contributed by atoms with Crippen molar-refractivity contribution in [3.05, 3.63) is 35.9 Å². The lowest BCUT2D eigenvalue weighted by atomic mass is 10.2. The lowest BCUT2D eigenvalue weighted by molar-refractivity contribution is -0.131. The lowest BCUT2D eigenvalue weighted by Gasteiger charge is -2.04. The second-order valence-corrected chi connectivity index (χ2v) is 5.44. The molecule has 0 aliphatic heterocycles. The molecule has 0 aromatic heterocycles. The molecule has 0 bridgehead atoms. The fourth-order valence-corrected chi connectivity index (χ4v) is 2.41. The SMILES string of the molecule is CC(C)CCSc1ccc(/C=C/C(=O)O)cc1. The van der Waals surface area contributed by atoms with Crippen molar-refractivity contribution in [2.75, 3.05) is 5.75 Å². The van der Waals surface area contributed by atoms with Gasteiger partial charge in [-0.25, -0.2) is 4.79 Å². The zero-order valence-corrected chi connectivity index (χ0v) is 11.0. The minimum absolute atomic E-state index is 0.736. The monoisotopic (exact) mass is 250 g/mol. The predicted octanol–water partition coefficient (Wildman–Crippen LogP) is 3.92. The highest BCUT2D eigenvalue weighted by atomic mass is 32.2. The van der Waals surface area contributed by atoms with E-state index >= 15 is 0 Å². The average molecular weight is 250 g/mol. The Kier molecular flexibility index (Phi) is 5.84. The maximum absolute atomic E-state index is 10.4. The Labute approximate surface area is 107 Å². The molecule has 0 fully saturated rings. The van der Waals surface area contributed by atoms with Crippen molar-refractivity contribution in [3.8, 4) is 0 Å². The molecule has 0 saturated heterocycles. The summed E-state index contributed by atoms with van der Waals surface area (Å²) in [5.41, 5.74) is 0.917. The molecule has 1 aromatic rings. The molecule has 0 spiro atoms. The van der Waals surface area contributed by atoms with E-state index in [0.717, 1.165) is 23.3 Å². The highest BCUT2D eigenvalue weighted by Gasteiger charge is 1.97. The first-order valence-corrected chi connectivity index (χ1v) is 6.70. The maximum atomic E-state index is 10.4. The zero-order valence-electron chi connectivity index (χ0n) is 10.2. The van der Waals surface area contributed by atoms with Gasteiger partial charge in [0.1, 0.15) is 0 Å². The number of carbonyl (C=O) groups is 1. The van der Waals surface area contributed by atoms with Gasteiger partial charge in [-0.15, -0.1) is 11.8 Å². The van der Waals surface area contributed by atoms with Crippen LogP contribution in [0.2, 0.25) is 0 Å². The highest BCUT2D eigenvalue weighted by Crippen LogP contribution is 2.21. The normalized spacial score (nSPS) is 11.2. The summed E-state index contributed by atoms with van der Waals surface area (Å²) in [6, 6.07) is 7.95. The topological polar surface area (TPSA) is 37.3 Å². The summed E-state index contributed by atoms with van der Waals surface area (Å²) < 4.78 is 0. The van der Waals surface area contributed by atoms with Gasteiger partial charge in [0, 0.05) is 11.0 Å². The summed E-state index contributed by atoms with van der Waals surface area (Å²) in [6.45, 7) is 4.45. The fourth-order valence-electron chi connectivity index (χ4n) is 1.26. The number of hydrogen-bond donors (Lipinski definition) is 1. The van der Waals surface area contributed by atoms with E-state index in [2.05, 4.69) is 13.8 Å². The Morgan fingerprint density at radius 3 is 2.53 bits per heavy atom. The van der Waals surface area contributed by atoms with Crippen molar-refractivity contribution in [2.24, 2.45) is 5.92 Å². The van der Waals surface area contributed by atoms with Gasteiger partial charge in [-0.05, 0) is 41.9 Å². The molecule has 0 aliphatic carbocycles. The third-order valence-electron chi connectivity index (χ3n) is 2.26. The van der Waals surface area contributed by atoms with Crippen molar-refractivity contribution in [3.63, 3.8) is 0 Å². The second kappa shape index (κ2) is 7.17. The van der Waals surface area contributed by atoms with E-state index in [9.17, 15) is 4.79 Å². The van der Waals surface area contributed by atoms with E-state index in [-0.39, 0.29) is 0 Å². The van der Waals surface area contributed by atoms with Crippen LogP contribution < -0.4 is 0 Å². The third-order valence-corrected chi connectivity index (χ3v) is 3.31. The van der Waals surface area contributed by atoms with Crippen LogP contribution in [0.5, 0.6) is 0 Å². The summed E-state index contributed by atoms with van der Waals surface area (Å²) >= 11 is 1.84. The van der Waals surface area contributed by atoms with Gasteiger partial charge in [-0.2, -0.15) is 0 Å². The first kappa shape index (κ1) is 13.8. The van der Waals surface area contributed by atoms with Gasteiger partial charge in [-0.3, -0.25) is 0 Å². The van der Waals surface area contributed by atoms with Crippen LogP contribution in [0, 0.1) is 5.92 Å². The van der Waals surface area contributed by atoms with Crippen LogP contribution in [0.3, 0.4) is 0 Å². The standard InChI is InChI=1S/C14H18O2S/c1-11(2)9-10-17-13-6-3-12(4-7-13)5-8-14(15)16/h3-8,11H,9-10H2,1-2H3,(H,15,16)/b8-5+. The number of carboxylic acids is 1. The van der Waals surface area contributed by atoms with Gasteiger partial charge in [0.05, 0.1) is 0 Å². The molecule has 1 rings (SSSR count). The highest BCUT2D eigenvalue weighted by molar-refractivity contribution is 7.99. The molecule has 92 valence electrons. The molecule has 2 nitrogen and oxygen atoms in total. The van der Waals surface area contributed by atoms with E-state index in [4.69, 9.17) is 5.11 Å². The van der Waals surface area contributed by atoms with Gasteiger partial charge >= 0.3 is 5.97 Å². The van der Waals surface area contributed by atoms with Crippen molar-refractivity contribution in [2.45, 2.75) is 25.2 Å². The molecule has 17 heavy (non-hydrogen) atoms. The first-order valence-electron chi connectivity index (χ1n) is 5.72. The van der Waals surface area contributed by atoms with Crippen molar-refractivity contribution >= 4 is 23.8 Å². The number of benzene rings is 1. The molecule has 0 saturated carbocycles. The zero-order chi connectivity index (χ0) is 12.7. The van der Waals surface area contributed by atoms with Gasteiger partial charge < -0.3 is 5.11 Å².